The molecular formula is C12H18F2N2O2. The van der Waals surface area contributed by atoms with Crippen molar-refractivity contribution in [2.24, 2.45) is 5.73 Å². The van der Waals surface area contributed by atoms with E-state index in [4.69, 9.17) is 10.8 Å². The van der Waals surface area contributed by atoms with Crippen molar-refractivity contribution >= 4 is 0 Å². The lowest BCUT2D eigenvalue weighted by Gasteiger charge is -2.10. The maximum absolute atomic E-state index is 13.5. The quantitative estimate of drug-likeness (QED) is 0.622. The Hall–Kier alpha value is -1.24. The zero-order chi connectivity index (χ0) is 13.5. The fourth-order valence-electron chi connectivity index (χ4n) is 1.49. The molecule has 0 aliphatic carbocycles. The molecular weight excluding hydrogens is 242 g/mol. The Labute approximate surface area is 105 Å². The number of methoxy groups -OCH3 is 1. The molecule has 0 heterocycles. The minimum Gasteiger partial charge on any atom is -0.494 e. The van der Waals surface area contributed by atoms with Crippen LogP contribution in [0.5, 0.6) is 5.75 Å². The maximum Gasteiger partial charge on any atom is 0.165 e. The molecule has 102 valence electrons. The van der Waals surface area contributed by atoms with Crippen LogP contribution < -0.4 is 15.8 Å². The van der Waals surface area contributed by atoms with Gasteiger partial charge in [0, 0.05) is 18.7 Å². The molecule has 4 N–H and O–H groups in total. The zero-order valence-electron chi connectivity index (χ0n) is 10.2. The Bertz CT molecular complexity index is 389. The number of nitrogens with one attached hydrogen (secondary N) is 1. The Morgan fingerprint density at radius 3 is 2.72 bits per heavy atom. The lowest BCUT2D eigenvalue weighted by Crippen LogP contribution is -2.37. The first-order chi connectivity index (χ1) is 8.58. The highest BCUT2D eigenvalue weighted by Crippen LogP contribution is 2.21. The molecule has 1 unspecified atom stereocenters. The molecule has 4 nitrogen and oxygen atoms in total. The van der Waals surface area contributed by atoms with E-state index in [0.717, 1.165) is 12.1 Å². The molecule has 1 rings (SSSR count). The number of ether oxygens (including phenoxy) is 1. The SMILES string of the molecule is COc1cc(F)c(CCNCC(N)CO)cc1F. The van der Waals surface area contributed by atoms with E-state index in [2.05, 4.69) is 10.1 Å². The summed E-state index contributed by atoms with van der Waals surface area (Å²) in [5.74, 6) is -1.19. The van der Waals surface area contributed by atoms with Crippen LogP contribution in [-0.2, 0) is 6.42 Å². The van der Waals surface area contributed by atoms with Crippen molar-refractivity contribution in [3.8, 4) is 5.75 Å². The van der Waals surface area contributed by atoms with E-state index in [1.54, 1.807) is 0 Å². The van der Waals surface area contributed by atoms with Crippen LogP contribution in [0.2, 0.25) is 0 Å². The lowest BCUT2D eigenvalue weighted by molar-refractivity contribution is 0.262. The van der Waals surface area contributed by atoms with Gasteiger partial charge in [-0.25, -0.2) is 8.78 Å². The fourth-order valence-corrected chi connectivity index (χ4v) is 1.49. The van der Waals surface area contributed by atoms with Gasteiger partial charge in [-0.05, 0) is 24.6 Å². The number of aliphatic hydroxyl groups excluding tert-OH is 1. The molecule has 0 saturated carbocycles. The van der Waals surface area contributed by atoms with E-state index in [1.165, 1.54) is 7.11 Å². The van der Waals surface area contributed by atoms with Crippen LogP contribution in [0.4, 0.5) is 8.78 Å². The summed E-state index contributed by atoms with van der Waals surface area (Å²) in [5.41, 5.74) is 5.76. The predicted octanol–water partition coefficient (Wildman–Crippen LogP) is 0.425. The van der Waals surface area contributed by atoms with E-state index < -0.39 is 11.6 Å². The van der Waals surface area contributed by atoms with Crippen LogP contribution in [0.1, 0.15) is 5.56 Å². The second-order valence-electron chi connectivity index (χ2n) is 3.97. The van der Waals surface area contributed by atoms with Gasteiger partial charge >= 0.3 is 0 Å². The van der Waals surface area contributed by atoms with Crippen LogP contribution >= 0.6 is 0 Å². The van der Waals surface area contributed by atoms with Crippen molar-refractivity contribution < 1.29 is 18.6 Å². The molecule has 6 heteroatoms. The molecule has 0 saturated heterocycles. The normalized spacial score (nSPS) is 12.5. The minimum absolute atomic E-state index is 0.105. The van der Waals surface area contributed by atoms with Gasteiger partial charge in [-0.3, -0.25) is 0 Å². The summed E-state index contributed by atoms with van der Waals surface area (Å²) in [4.78, 5) is 0. The van der Waals surface area contributed by atoms with Crippen molar-refractivity contribution in [1.82, 2.24) is 5.32 Å². The number of hydrogen-bond donors (Lipinski definition) is 3. The Morgan fingerprint density at radius 1 is 1.39 bits per heavy atom. The Balaban J connectivity index is 2.50. The van der Waals surface area contributed by atoms with Gasteiger partial charge < -0.3 is 20.9 Å². The van der Waals surface area contributed by atoms with Gasteiger partial charge in [-0.2, -0.15) is 0 Å². The summed E-state index contributed by atoms with van der Waals surface area (Å²) >= 11 is 0. The molecule has 0 aliphatic rings. The minimum atomic E-state index is -0.582. The second kappa shape index (κ2) is 7.25. The first kappa shape index (κ1) is 14.8. The molecule has 0 radical (unpaired) electrons. The first-order valence-electron chi connectivity index (χ1n) is 5.67. The summed E-state index contributed by atoms with van der Waals surface area (Å²) in [6, 6.07) is 1.81. The van der Waals surface area contributed by atoms with E-state index >= 15 is 0 Å². The molecule has 0 spiro atoms. The van der Waals surface area contributed by atoms with Crippen LogP contribution in [0, 0.1) is 11.6 Å². The summed E-state index contributed by atoms with van der Waals surface area (Å²) in [6.07, 6.45) is 0.338. The second-order valence-corrected chi connectivity index (χ2v) is 3.97. The molecule has 1 atom stereocenters. The topological polar surface area (TPSA) is 67.5 Å². The van der Waals surface area contributed by atoms with Gasteiger partial charge in [0.1, 0.15) is 5.82 Å². The first-order valence-corrected chi connectivity index (χ1v) is 5.67. The van der Waals surface area contributed by atoms with Gasteiger partial charge in [-0.1, -0.05) is 0 Å². The summed E-state index contributed by atoms with van der Waals surface area (Å²) in [5, 5.41) is 11.7. The molecule has 0 amide bonds. The molecule has 0 fully saturated rings. The average molecular weight is 260 g/mol. The summed E-state index contributed by atoms with van der Waals surface area (Å²) in [6.45, 7) is 0.770. The smallest absolute Gasteiger partial charge is 0.165 e. The van der Waals surface area contributed by atoms with Crippen molar-refractivity contribution in [1.29, 1.82) is 0 Å². The standard InChI is InChI=1S/C12H18F2N2O2/c1-18-12-5-10(13)8(4-11(12)14)2-3-16-6-9(15)7-17/h4-5,9,16-17H,2-3,6-7,15H2,1H3. The number of aliphatic hydroxyl groups is 1. The third-order valence-corrected chi connectivity index (χ3v) is 2.53. The molecule has 0 bridgehead atoms. The highest BCUT2D eigenvalue weighted by atomic mass is 19.1. The predicted molar refractivity (Wildman–Crippen MR) is 64.5 cm³/mol. The average Bonchev–Trinajstić information content (AvgIpc) is 2.37. The van der Waals surface area contributed by atoms with Crippen molar-refractivity contribution in [3.05, 3.63) is 29.3 Å². The monoisotopic (exact) mass is 260 g/mol. The van der Waals surface area contributed by atoms with Gasteiger partial charge in [0.15, 0.2) is 11.6 Å². The summed E-state index contributed by atoms with van der Waals surface area (Å²) in [7, 11) is 1.29. The fraction of sp³-hybridized carbons (Fsp3) is 0.500. The Kier molecular flexibility index (Phi) is 5.97. The molecule has 1 aromatic carbocycles. The van der Waals surface area contributed by atoms with Gasteiger partial charge in [-0.15, -0.1) is 0 Å². The van der Waals surface area contributed by atoms with Crippen LogP contribution in [-0.4, -0.2) is 38.0 Å². The number of rotatable bonds is 7. The largest absolute Gasteiger partial charge is 0.494 e. The van der Waals surface area contributed by atoms with E-state index in [-0.39, 0.29) is 24.0 Å². The molecule has 0 aromatic heterocycles. The summed E-state index contributed by atoms with van der Waals surface area (Å²) < 4.78 is 31.6. The molecule has 1 aromatic rings. The number of nitrogens with two attached hydrogens (primary N) is 1. The zero-order valence-corrected chi connectivity index (χ0v) is 10.2. The third kappa shape index (κ3) is 4.21. The van der Waals surface area contributed by atoms with Gasteiger partial charge in [0.2, 0.25) is 0 Å². The number of hydrogen-bond acceptors (Lipinski definition) is 4. The van der Waals surface area contributed by atoms with Crippen molar-refractivity contribution in [2.45, 2.75) is 12.5 Å². The maximum atomic E-state index is 13.5. The van der Waals surface area contributed by atoms with Crippen LogP contribution in [0.25, 0.3) is 0 Å². The van der Waals surface area contributed by atoms with Gasteiger partial charge in [0.25, 0.3) is 0 Å². The number of halogens is 2. The Morgan fingerprint density at radius 2 is 2.11 bits per heavy atom. The highest BCUT2D eigenvalue weighted by Gasteiger charge is 2.10. The molecule has 0 aliphatic heterocycles. The van der Waals surface area contributed by atoms with Crippen molar-refractivity contribution in [3.63, 3.8) is 0 Å². The van der Waals surface area contributed by atoms with E-state index in [9.17, 15) is 8.78 Å². The van der Waals surface area contributed by atoms with Gasteiger partial charge in [0.05, 0.1) is 13.7 Å². The van der Waals surface area contributed by atoms with E-state index in [0.29, 0.717) is 19.5 Å². The van der Waals surface area contributed by atoms with E-state index in [1.807, 2.05) is 0 Å². The number of benzene rings is 1. The van der Waals surface area contributed by atoms with Crippen LogP contribution in [0.15, 0.2) is 12.1 Å². The van der Waals surface area contributed by atoms with Crippen LogP contribution in [0.3, 0.4) is 0 Å². The highest BCUT2D eigenvalue weighted by molar-refractivity contribution is 5.31. The van der Waals surface area contributed by atoms with Crippen molar-refractivity contribution in [2.75, 3.05) is 26.8 Å². The molecule has 18 heavy (non-hydrogen) atoms. The third-order valence-electron chi connectivity index (χ3n) is 2.53. The lowest BCUT2D eigenvalue weighted by atomic mass is 10.1.